The first-order chi connectivity index (χ1) is 12.1. The summed E-state index contributed by atoms with van der Waals surface area (Å²) in [6.45, 7) is 3.90. The second kappa shape index (κ2) is 6.62. The van der Waals surface area contributed by atoms with Gasteiger partial charge < -0.3 is 5.84 Å². The number of nitrogens with two attached hydrogens (primary N) is 1. The van der Waals surface area contributed by atoms with Crippen LogP contribution in [0.25, 0.3) is 16.5 Å². The van der Waals surface area contributed by atoms with Gasteiger partial charge in [0.2, 0.25) is 5.16 Å². The van der Waals surface area contributed by atoms with Gasteiger partial charge in [0.05, 0.1) is 11.4 Å². The standard InChI is InChI=1S/C15H15N7S3/c1-9-5-10(2)22(20-9)14-18-19-15(21(14)16)25-8-12-7-24-13(17-12)11-3-4-23-6-11/h3-7H,8,16H2,1-2H3. The highest BCUT2D eigenvalue weighted by atomic mass is 32.2. The Balaban J connectivity index is 1.50. The van der Waals surface area contributed by atoms with Crippen LogP contribution in [0.5, 0.6) is 0 Å². The first kappa shape index (κ1) is 16.3. The SMILES string of the molecule is Cc1cc(C)n(-c2nnc(SCc3csc(-c4ccsc4)n3)n2N)n1. The molecule has 4 aromatic rings. The van der Waals surface area contributed by atoms with Crippen molar-refractivity contribution < 1.29 is 0 Å². The van der Waals surface area contributed by atoms with Crippen molar-refractivity contribution in [3.05, 3.63) is 45.4 Å². The molecule has 0 spiro atoms. The molecule has 0 aliphatic heterocycles. The van der Waals surface area contributed by atoms with Crippen LogP contribution in [0, 0.1) is 13.8 Å². The number of hydrogen-bond donors (Lipinski definition) is 1. The van der Waals surface area contributed by atoms with Crippen molar-refractivity contribution in [2.75, 3.05) is 5.84 Å². The fourth-order valence-electron chi connectivity index (χ4n) is 2.37. The summed E-state index contributed by atoms with van der Waals surface area (Å²) in [4.78, 5) is 4.67. The van der Waals surface area contributed by atoms with Gasteiger partial charge in [-0.25, -0.2) is 14.3 Å². The Hall–Kier alpha value is -2.17. The first-order valence-electron chi connectivity index (χ1n) is 7.45. The summed E-state index contributed by atoms with van der Waals surface area (Å²) < 4.78 is 3.17. The van der Waals surface area contributed by atoms with Gasteiger partial charge in [-0.1, -0.05) is 11.8 Å². The summed E-state index contributed by atoms with van der Waals surface area (Å²) in [5, 5.41) is 20.6. The molecule has 0 bridgehead atoms. The van der Waals surface area contributed by atoms with E-state index in [9.17, 15) is 0 Å². The summed E-state index contributed by atoms with van der Waals surface area (Å²) in [7, 11) is 0. The van der Waals surface area contributed by atoms with Crippen LogP contribution >= 0.6 is 34.4 Å². The molecule has 0 unspecified atom stereocenters. The maximum Gasteiger partial charge on any atom is 0.271 e. The average molecular weight is 390 g/mol. The molecule has 0 fully saturated rings. The Morgan fingerprint density at radius 3 is 2.84 bits per heavy atom. The van der Waals surface area contributed by atoms with Crippen LogP contribution in [-0.2, 0) is 5.75 Å². The molecule has 0 amide bonds. The number of rotatable bonds is 5. The molecule has 4 rings (SSSR count). The minimum Gasteiger partial charge on any atom is -0.334 e. The number of hydrogen-bond acceptors (Lipinski definition) is 8. The Morgan fingerprint density at radius 2 is 2.12 bits per heavy atom. The topological polar surface area (TPSA) is 87.4 Å². The summed E-state index contributed by atoms with van der Waals surface area (Å²) in [6, 6.07) is 4.06. The van der Waals surface area contributed by atoms with Crippen molar-refractivity contribution >= 4 is 34.4 Å². The number of nitrogen functional groups attached to an aromatic ring is 1. The van der Waals surface area contributed by atoms with E-state index in [2.05, 4.69) is 42.5 Å². The second-order valence-electron chi connectivity index (χ2n) is 5.44. The normalized spacial score (nSPS) is 11.3. The lowest BCUT2D eigenvalue weighted by molar-refractivity contribution is 0.727. The predicted octanol–water partition coefficient (Wildman–Crippen LogP) is 3.27. The van der Waals surface area contributed by atoms with Gasteiger partial charge in [-0.3, -0.25) is 0 Å². The zero-order valence-corrected chi connectivity index (χ0v) is 16.0. The quantitative estimate of drug-likeness (QED) is 0.416. The van der Waals surface area contributed by atoms with Gasteiger partial charge in [0.15, 0.2) is 0 Å². The number of thiophene rings is 1. The number of nitrogens with zero attached hydrogens (tertiary/aromatic N) is 6. The third-order valence-electron chi connectivity index (χ3n) is 3.51. The maximum absolute atomic E-state index is 6.15. The highest BCUT2D eigenvalue weighted by Crippen LogP contribution is 2.28. The molecule has 0 saturated carbocycles. The molecule has 0 aliphatic rings. The molecule has 0 radical (unpaired) electrons. The number of aryl methyl sites for hydroxylation is 2. The van der Waals surface area contributed by atoms with Gasteiger partial charge in [0, 0.05) is 27.8 Å². The summed E-state index contributed by atoms with van der Waals surface area (Å²) in [5.74, 6) is 7.35. The highest BCUT2D eigenvalue weighted by molar-refractivity contribution is 7.98. The average Bonchev–Trinajstić information content (AvgIpc) is 3.34. The molecule has 0 saturated heterocycles. The molecule has 0 atom stereocenters. The Bertz CT molecular complexity index is 997. The lowest BCUT2D eigenvalue weighted by Crippen LogP contribution is -2.17. The molecule has 2 N–H and O–H groups in total. The van der Waals surface area contributed by atoms with E-state index in [1.54, 1.807) is 27.4 Å². The molecule has 7 nitrogen and oxygen atoms in total. The van der Waals surface area contributed by atoms with E-state index in [1.807, 2.05) is 19.9 Å². The Kier molecular flexibility index (Phi) is 4.32. The fraction of sp³-hybridized carbons (Fsp3) is 0.200. The second-order valence-corrected chi connectivity index (χ2v) is 8.02. The molecule has 4 aromatic heterocycles. The summed E-state index contributed by atoms with van der Waals surface area (Å²) >= 11 is 4.83. The van der Waals surface area contributed by atoms with Gasteiger partial charge in [-0.2, -0.15) is 16.4 Å². The van der Waals surface area contributed by atoms with E-state index in [0.717, 1.165) is 22.1 Å². The largest absolute Gasteiger partial charge is 0.334 e. The maximum atomic E-state index is 6.15. The molecule has 10 heteroatoms. The summed E-state index contributed by atoms with van der Waals surface area (Å²) in [5.41, 5.74) is 4.05. The molecule has 0 aliphatic carbocycles. The van der Waals surface area contributed by atoms with E-state index in [0.29, 0.717) is 16.9 Å². The van der Waals surface area contributed by atoms with Crippen molar-refractivity contribution in [3.8, 4) is 16.5 Å². The predicted molar refractivity (Wildman–Crippen MR) is 102 cm³/mol. The monoisotopic (exact) mass is 389 g/mol. The third-order valence-corrected chi connectivity index (χ3v) is 6.11. The van der Waals surface area contributed by atoms with Crippen molar-refractivity contribution in [3.63, 3.8) is 0 Å². The highest BCUT2D eigenvalue weighted by Gasteiger charge is 2.15. The fourth-order valence-corrected chi connectivity index (χ4v) is 4.76. The van der Waals surface area contributed by atoms with Crippen LogP contribution in [-0.4, -0.2) is 29.6 Å². The molecular formula is C15H15N7S3. The molecule has 0 aromatic carbocycles. The van der Waals surface area contributed by atoms with Gasteiger partial charge in [-0.15, -0.1) is 21.5 Å². The smallest absolute Gasteiger partial charge is 0.271 e. The van der Waals surface area contributed by atoms with E-state index in [-0.39, 0.29) is 0 Å². The van der Waals surface area contributed by atoms with Gasteiger partial charge in [0.1, 0.15) is 5.01 Å². The Labute approximate surface area is 156 Å². The minimum atomic E-state index is 0.505. The first-order valence-corrected chi connectivity index (χ1v) is 10.3. The van der Waals surface area contributed by atoms with Gasteiger partial charge >= 0.3 is 0 Å². The van der Waals surface area contributed by atoms with Crippen LogP contribution in [0.15, 0.2) is 33.4 Å². The zero-order valence-electron chi connectivity index (χ0n) is 13.6. The van der Waals surface area contributed by atoms with Crippen molar-refractivity contribution in [2.24, 2.45) is 0 Å². The van der Waals surface area contributed by atoms with E-state index in [1.165, 1.54) is 22.0 Å². The van der Waals surface area contributed by atoms with E-state index in [4.69, 9.17) is 5.84 Å². The van der Waals surface area contributed by atoms with Crippen molar-refractivity contribution in [1.82, 2.24) is 29.6 Å². The molecule has 25 heavy (non-hydrogen) atoms. The number of thioether (sulfide) groups is 1. The van der Waals surface area contributed by atoms with Crippen LogP contribution in [0.1, 0.15) is 17.1 Å². The minimum absolute atomic E-state index is 0.505. The molecule has 128 valence electrons. The zero-order chi connectivity index (χ0) is 17.4. The molecular weight excluding hydrogens is 374 g/mol. The summed E-state index contributed by atoms with van der Waals surface area (Å²) in [6.07, 6.45) is 0. The van der Waals surface area contributed by atoms with Crippen LogP contribution in [0.2, 0.25) is 0 Å². The van der Waals surface area contributed by atoms with Gasteiger partial charge in [0.25, 0.3) is 5.95 Å². The number of thiazole rings is 1. The van der Waals surface area contributed by atoms with Crippen molar-refractivity contribution in [1.29, 1.82) is 0 Å². The van der Waals surface area contributed by atoms with E-state index < -0.39 is 0 Å². The van der Waals surface area contributed by atoms with Gasteiger partial charge in [-0.05, 0) is 31.4 Å². The molecule has 4 heterocycles. The van der Waals surface area contributed by atoms with Crippen LogP contribution in [0.3, 0.4) is 0 Å². The lowest BCUT2D eigenvalue weighted by atomic mass is 10.4. The van der Waals surface area contributed by atoms with Crippen molar-refractivity contribution in [2.45, 2.75) is 24.8 Å². The number of aromatic nitrogens is 6. The lowest BCUT2D eigenvalue weighted by Gasteiger charge is -2.04. The third kappa shape index (κ3) is 3.20. The van der Waals surface area contributed by atoms with E-state index >= 15 is 0 Å². The Morgan fingerprint density at radius 1 is 1.24 bits per heavy atom. The van der Waals surface area contributed by atoms with Crippen LogP contribution in [0.4, 0.5) is 0 Å². The van der Waals surface area contributed by atoms with Crippen LogP contribution < -0.4 is 5.84 Å².